The molecule has 8 heteroatoms. The van der Waals surface area contributed by atoms with Gasteiger partial charge in [-0.2, -0.15) is 9.78 Å². The van der Waals surface area contributed by atoms with E-state index in [-0.39, 0.29) is 17.6 Å². The zero-order chi connectivity index (χ0) is 24.2. The normalized spacial score (nSPS) is 14.9. The zero-order valence-corrected chi connectivity index (χ0v) is 22.9. The number of halogens is 2. The molecule has 4 rings (SSSR count). The van der Waals surface area contributed by atoms with E-state index in [0.717, 1.165) is 46.0 Å². The highest BCUT2D eigenvalue weighted by Gasteiger charge is 2.22. The van der Waals surface area contributed by atoms with E-state index >= 15 is 0 Å². The summed E-state index contributed by atoms with van der Waals surface area (Å²) in [7, 11) is 0. The van der Waals surface area contributed by atoms with E-state index in [1.54, 1.807) is 6.21 Å². The standard InChI is InChI=1S/C26H29Br2N3O3/c1-4-33-23-12-18(21(28)14-24(23)34-16(2)3)15-29-31-25(17-8-6-5-7-9-17)30-22-11-10-19(27)13-20(22)26(31)32/h10-17H,4-9H2,1-3H3. The van der Waals surface area contributed by atoms with Crippen molar-refractivity contribution < 1.29 is 9.47 Å². The lowest BCUT2D eigenvalue weighted by molar-refractivity contribution is 0.223. The molecule has 180 valence electrons. The molecule has 1 aliphatic carbocycles. The van der Waals surface area contributed by atoms with Crippen LogP contribution in [0.3, 0.4) is 0 Å². The molecule has 1 aliphatic rings. The van der Waals surface area contributed by atoms with Gasteiger partial charge in [-0.15, -0.1) is 0 Å². The average Bonchev–Trinajstić information content (AvgIpc) is 2.81. The lowest BCUT2D eigenvalue weighted by Gasteiger charge is -2.22. The lowest BCUT2D eigenvalue weighted by Crippen LogP contribution is -2.25. The van der Waals surface area contributed by atoms with E-state index in [1.165, 1.54) is 11.1 Å². The van der Waals surface area contributed by atoms with Crippen molar-refractivity contribution in [2.24, 2.45) is 5.10 Å². The van der Waals surface area contributed by atoms with Crippen LogP contribution in [-0.4, -0.2) is 28.6 Å². The molecule has 0 unspecified atom stereocenters. The number of hydrogen-bond donors (Lipinski definition) is 0. The van der Waals surface area contributed by atoms with Crippen LogP contribution in [0.5, 0.6) is 11.5 Å². The van der Waals surface area contributed by atoms with Crippen molar-refractivity contribution in [3.8, 4) is 11.5 Å². The van der Waals surface area contributed by atoms with Crippen LogP contribution < -0.4 is 15.0 Å². The molecule has 1 heterocycles. The Bertz CT molecular complexity index is 1260. The number of nitrogens with zero attached hydrogens (tertiary/aromatic N) is 3. The van der Waals surface area contributed by atoms with E-state index in [1.807, 2.05) is 51.1 Å². The molecule has 0 amide bonds. The molecule has 1 saturated carbocycles. The van der Waals surface area contributed by atoms with Gasteiger partial charge in [-0.3, -0.25) is 4.79 Å². The van der Waals surface area contributed by atoms with Gasteiger partial charge in [0.25, 0.3) is 5.56 Å². The molecule has 34 heavy (non-hydrogen) atoms. The molecule has 0 N–H and O–H groups in total. The Kier molecular flexibility index (Phi) is 8.09. The largest absolute Gasteiger partial charge is 0.490 e. The van der Waals surface area contributed by atoms with Crippen molar-refractivity contribution in [2.45, 2.75) is 64.9 Å². The summed E-state index contributed by atoms with van der Waals surface area (Å²) in [6, 6.07) is 9.38. The number of fused-ring (bicyclic) bond motifs is 1. The second kappa shape index (κ2) is 11.0. The van der Waals surface area contributed by atoms with Gasteiger partial charge in [0.1, 0.15) is 5.82 Å². The van der Waals surface area contributed by atoms with Gasteiger partial charge in [-0.05, 0) is 79.9 Å². The number of hydrogen-bond acceptors (Lipinski definition) is 5. The van der Waals surface area contributed by atoms with Crippen LogP contribution in [0.4, 0.5) is 0 Å². The number of rotatable bonds is 7. The second-order valence-electron chi connectivity index (χ2n) is 8.75. The van der Waals surface area contributed by atoms with Gasteiger partial charge in [0.15, 0.2) is 11.5 Å². The van der Waals surface area contributed by atoms with Gasteiger partial charge in [-0.25, -0.2) is 4.98 Å². The summed E-state index contributed by atoms with van der Waals surface area (Å²) in [6.45, 7) is 6.40. The van der Waals surface area contributed by atoms with E-state index in [4.69, 9.17) is 14.5 Å². The molecule has 0 atom stereocenters. The van der Waals surface area contributed by atoms with Gasteiger partial charge in [0.05, 0.1) is 29.8 Å². The first kappa shape index (κ1) is 24.9. The van der Waals surface area contributed by atoms with E-state index in [0.29, 0.717) is 29.0 Å². The third-order valence-corrected chi connectivity index (χ3v) is 7.02. The third-order valence-electron chi connectivity index (χ3n) is 5.84. The van der Waals surface area contributed by atoms with Crippen molar-refractivity contribution in [3.63, 3.8) is 0 Å². The highest BCUT2D eigenvalue weighted by molar-refractivity contribution is 9.10. The van der Waals surface area contributed by atoms with Crippen LogP contribution in [0.1, 0.15) is 70.2 Å². The molecule has 1 fully saturated rings. The minimum absolute atomic E-state index is 0.0187. The summed E-state index contributed by atoms with van der Waals surface area (Å²) < 4.78 is 14.8. The van der Waals surface area contributed by atoms with E-state index in [2.05, 4.69) is 37.0 Å². The summed E-state index contributed by atoms with van der Waals surface area (Å²) in [5.41, 5.74) is 1.33. The quantitative estimate of drug-likeness (QED) is 0.277. The van der Waals surface area contributed by atoms with E-state index < -0.39 is 0 Å². The van der Waals surface area contributed by atoms with E-state index in [9.17, 15) is 4.79 Å². The van der Waals surface area contributed by atoms with Gasteiger partial charge in [0.2, 0.25) is 0 Å². The zero-order valence-electron chi connectivity index (χ0n) is 19.7. The fraction of sp³-hybridized carbons (Fsp3) is 0.423. The lowest BCUT2D eigenvalue weighted by atomic mass is 9.88. The maximum atomic E-state index is 13.5. The molecule has 2 aromatic carbocycles. The van der Waals surface area contributed by atoms with Crippen LogP contribution in [0, 0.1) is 0 Å². The van der Waals surface area contributed by atoms with Crippen molar-refractivity contribution in [1.29, 1.82) is 0 Å². The van der Waals surface area contributed by atoms with Gasteiger partial charge < -0.3 is 9.47 Å². The Hall–Kier alpha value is -2.19. The molecule has 0 radical (unpaired) electrons. The fourth-order valence-corrected chi connectivity index (χ4v) is 5.07. The molecule has 1 aromatic heterocycles. The van der Waals surface area contributed by atoms with Crippen LogP contribution in [0.2, 0.25) is 0 Å². The van der Waals surface area contributed by atoms with Gasteiger partial charge in [-0.1, -0.05) is 35.2 Å². The predicted octanol–water partition coefficient (Wildman–Crippen LogP) is 7.04. The molecular formula is C26H29Br2N3O3. The average molecular weight is 591 g/mol. The van der Waals surface area contributed by atoms with Crippen LogP contribution in [0.25, 0.3) is 10.9 Å². The highest BCUT2D eigenvalue weighted by Crippen LogP contribution is 2.35. The summed E-state index contributed by atoms with van der Waals surface area (Å²) in [5, 5.41) is 5.20. The number of aromatic nitrogens is 2. The monoisotopic (exact) mass is 589 g/mol. The van der Waals surface area contributed by atoms with Crippen LogP contribution in [-0.2, 0) is 0 Å². The number of ether oxygens (including phenoxy) is 2. The molecule has 6 nitrogen and oxygen atoms in total. The van der Waals surface area contributed by atoms with Crippen molar-refractivity contribution >= 4 is 49.0 Å². The minimum Gasteiger partial charge on any atom is -0.490 e. The first-order valence-electron chi connectivity index (χ1n) is 11.8. The van der Waals surface area contributed by atoms with Crippen molar-refractivity contribution in [2.75, 3.05) is 6.61 Å². The molecule has 0 bridgehead atoms. The summed E-state index contributed by atoms with van der Waals surface area (Å²) in [4.78, 5) is 18.4. The van der Waals surface area contributed by atoms with Crippen LogP contribution >= 0.6 is 31.9 Å². The summed E-state index contributed by atoms with van der Waals surface area (Å²) in [6.07, 6.45) is 7.25. The predicted molar refractivity (Wildman–Crippen MR) is 144 cm³/mol. The fourth-order valence-electron chi connectivity index (χ4n) is 4.29. The first-order valence-corrected chi connectivity index (χ1v) is 13.4. The molecule has 3 aromatic rings. The Morgan fingerprint density at radius 3 is 2.62 bits per heavy atom. The maximum Gasteiger partial charge on any atom is 0.282 e. The Labute approximate surface area is 216 Å². The topological polar surface area (TPSA) is 65.7 Å². The molecule has 0 saturated heterocycles. The molecule has 0 spiro atoms. The molecular weight excluding hydrogens is 562 g/mol. The Morgan fingerprint density at radius 2 is 1.91 bits per heavy atom. The highest BCUT2D eigenvalue weighted by atomic mass is 79.9. The van der Waals surface area contributed by atoms with Crippen LogP contribution in [0.15, 0.2) is 49.2 Å². The van der Waals surface area contributed by atoms with Gasteiger partial charge in [0, 0.05) is 20.4 Å². The first-order chi connectivity index (χ1) is 16.4. The van der Waals surface area contributed by atoms with Crippen molar-refractivity contribution in [3.05, 3.63) is 61.0 Å². The maximum absolute atomic E-state index is 13.5. The summed E-state index contributed by atoms with van der Waals surface area (Å²) in [5.74, 6) is 2.26. The SMILES string of the molecule is CCOc1cc(C=Nn2c(C3CCCCC3)nc3ccc(Br)cc3c2=O)c(Br)cc1OC(C)C. The summed E-state index contributed by atoms with van der Waals surface area (Å²) >= 11 is 7.09. The van der Waals surface area contributed by atoms with Crippen molar-refractivity contribution in [1.82, 2.24) is 9.66 Å². The second-order valence-corrected chi connectivity index (χ2v) is 10.5. The van der Waals surface area contributed by atoms with Gasteiger partial charge >= 0.3 is 0 Å². The Balaban J connectivity index is 1.81. The smallest absolute Gasteiger partial charge is 0.282 e. The minimum atomic E-state index is -0.163. The molecule has 0 aliphatic heterocycles. The third kappa shape index (κ3) is 5.54. The Morgan fingerprint density at radius 1 is 1.15 bits per heavy atom. The number of benzene rings is 2.